The van der Waals surface area contributed by atoms with Gasteiger partial charge < -0.3 is 0 Å². The van der Waals surface area contributed by atoms with Crippen LogP contribution in [0.4, 0.5) is 0 Å². The molecule has 0 fully saturated rings. The molecule has 0 bridgehead atoms. The molecule has 284 valence electrons. The fraction of sp³-hybridized carbons (Fsp3) is 0.935. The van der Waals surface area contributed by atoms with Crippen LogP contribution in [0.5, 0.6) is 0 Å². The van der Waals surface area contributed by atoms with Crippen molar-refractivity contribution in [1.82, 2.24) is 4.57 Å². The lowest BCUT2D eigenvalue weighted by Crippen LogP contribution is -2.37. The van der Waals surface area contributed by atoms with Gasteiger partial charge in [0.25, 0.3) is 5.82 Å². The number of aryl methyl sites for hydroxylation is 2. The van der Waals surface area contributed by atoms with Crippen LogP contribution >= 0.6 is 0 Å². The Morgan fingerprint density at radius 1 is 0.354 bits per heavy atom. The molecule has 2 nitrogen and oxygen atoms in total. The minimum atomic E-state index is 1.23. The van der Waals surface area contributed by atoms with E-state index in [4.69, 9.17) is 0 Å². The number of imidazole rings is 1. The van der Waals surface area contributed by atoms with Gasteiger partial charge in [-0.05, 0) is 32.1 Å². The van der Waals surface area contributed by atoms with Crippen LogP contribution in [0.2, 0.25) is 0 Å². The number of unbranched alkanes of at least 4 members (excludes halogenated alkanes) is 34. The summed E-state index contributed by atoms with van der Waals surface area (Å²) in [5.41, 5.74) is 0. The van der Waals surface area contributed by atoms with E-state index in [-0.39, 0.29) is 0 Å². The highest BCUT2D eigenvalue weighted by Gasteiger charge is 2.16. The van der Waals surface area contributed by atoms with Crippen LogP contribution in [-0.2, 0) is 19.5 Å². The van der Waals surface area contributed by atoms with Crippen LogP contribution in [0.15, 0.2) is 12.4 Å². The summed E-state index contributed by atoms with van der Waals surface area (Å²) >= 11 is 0. The van der Waals surface area contributed by atoms with Crippen molar-refractivity contribution in [3.63, 3.8) is 0 Å². The third-order valence-corrected chi connectivity index (χ3v) is 11.1. The van der Waals surface area contributed by atoms with Gasteiger partial charge in [-0.3, -0.25) is 0 Å². The van der Waals surface area contributed by atoms with Gasteiger partial charge in [0.15, 0.2) is 0 Å². The van der Waals surface area contributed by atoms with Crippen molar-refractivity contribution in [2.75, 3.05) is 0 Å². The minimum Gasteiger partial charge on any atom is -0.234 e. The predicted octanol–water partition coefficient (Wildman–Crippen LogP) is 15.8. The summed E-state index contributed by atoms with van der Waals surface area (Å²) in [7, 11) is 0. The van der Waals surface area contributed by atoms with Crippen molar-refractivity contribution in [3.05, 3.63) is 18.2 Å². The van der Waals surface area contributed by atoms with Gasteiger partial charge in [0.2, 0.25) is 0 Å². The standard InChI is InChI=1S/C46H91N2/c1-4-7-10-13-16-18-20-22-24-25-26-28-30-32-35-38-41-46-47(42-39-36-33-15-12-9-6-3)44-45-48(46)43-40-37-34-31-29-27-23-21-19-17-14-11-8-5-2/h44-45H,4-43H2,1-3H3/q+1. The molecule has 0 radical (unpaired) electrons. The molecule has 0 amide bonds. The first-order valence-corrected chi connectivity index (χ1v) is 22.9. The van der Waals surface area contributed by atoms with Crippen molar-refractivity contribution in [3.8, 4) is 0 Å². The number of rotatable bonds is 40. The molecule has 0 atom stereocenters. The molecule has 1 heterocycles. The molecule has 0 N–H and O–H groups in total. The summed E-state index contributed by atoms with van der Waals surface area (Å²) in [6.45, 7) is 9.41. The second kappa shape index (κ2) is 37.5. The smallest absolute Gasteiger partial charge is 0.234 e. The van der Waals surface area contributed by atoms with E-state index in [1.165, 1.54) is 257 Å². The monoisotopic (exact) mass is 672 g/mol. The zero-order valence-electron chi connectivity index (χ0n) is 33.8. The van der Waals surface area contributed by atoms with Gasteiger partial charge in [-0.25, -0.2) is 9.13 Å². The normalized spacial score (nSPS) is 11.6. The van der Waals surface area contributed by atoms with Crippen molar-refractivity contribution in [1.29, 1.82) is 0 Å². The summed E-state index contributed by atoms with van der Waals surface area (Å²) in [5.74, 6) is 1.63. The largest absolute Gasteiger partial charge is 0.256 e. The third kappa shape index (κ3) is 29.0. The van der Waals surface area contributed by atoms with Crippen LogP contribution in [0, 0.1) is 0 Å². The third-order valence-electron chi connectivity index (χ3n) is 11.1. The molecule has 0 spiro atoms. The van der Waals surface area contributed by atoms with Crippen molar-refractivity contribution < 1.29 is 4.57 Å². The average molecular weight is 672 g/mol. The first-order chi connectivity index (χ1) is 23.8. The Bertz CT molecular complexity index is 736. The molecule has 48 heavy (non-hydrogen) atoms. The lowest BCUT2D eigenvalue weighted by molar-refractivity contribution is -0.704. The highest BCUT2D eigenvalue weighted by Crippen LogP contribution is 2.16. The van der Waals surface area contributed by atoms with Crippen LogP contribution in [0.1, 0.15) is 264 Å². The molecule has 0 aromatic carbocycles. The Hall–Kier alpha value is -0.790. The van der Waals surface area contributed by atoms with E-state index in [1.807, 2.05) is 0 Å². The van der Waals surface area contributed by atoms with Crippen LogP contribution in [-0.4, -0.2) is 4.57 Å². The fourth-order valence-corrected chi connectivity index (χ4v) is 7.74. The Morgan fingerprint density at radius 2 is 0.646 bits per heavy atom. The SMILES string of the molecule is CCCCCCCCCCCCCCCCCCc1n(CCCCCCCCCCCCCCCC)cc[n+]1CCCCCCCCC. The van der Waals surface area contributed by atoms with Crippen molar-refractivity contribution in [2.24, 2.45) is 0 Å². The molecular formula is C46H91N2+. The Labute approximate surface area is 304 Å². The van der Waals surface area contributed by atoms with Crippen LogP contribution in [0.3, 0.4) is 0 Å². The van der Waals surface area contributed by atoms with E-state index in [2.05, 4.69) is 42.3 Å². The first kappa shape index (κ1) is 45.2. The number of hydrogen-bond donors (Lipinski definition) is 0. The van der Waals surface area contributed by atoms with Crippen molar-refractivity contribution in [2.45, 2.75) is 278 Å². The second-order valence-corrected chi connectivity index (χ2v) is 15.9. The molecule has 0 aliphatic rings. The maximum atomic E-state index is 2.65. The van der Waals surface area contributed by atoms with Crippen molar-refractivity contribution >= 4 is 0 Å². The lowest BCUT2D eigenvalue weighted by Gasteiger charge is -2.07. The molecule has 1 aromatic heterocycles. The molecule has 1 aromatic rings. The molecule has 0 saturated heterocycles. The van der Waals surface area contributed by atoms with Gasteiger partial charge in [-0.15, -0.1) is 0 Å². The maximum Gasteiger partial charge on any atom is 0.256 e. The van der Waals surface area contributed by atoms with Crippen LogP contribution in [0.25, 0.3) is 0 Å². The molecule has 0 saturated carbocycles. The molecular weight excluding hydrogens is 581 g/mol. The number of hydrogen-bond acceptors (Lipinski definition) is 0. The van der Waals surface area contributed by atoms with E-state index < -0.39 is 0 Å². The summed E-state index contributed by atoms with van der Waals surface area (Å²) in [6, 6.07) is 0. The molecule has 0 aliphatic heterocycles. The zero-order valence-corrected chi connectivity index (χ0v) is 33.8. The van der Waals surface area contributed by atoms with E-state index >= 15 is 0 Å². The molecule has 1 rings (SSSR count). The van der Waals surface area contributed by atoms with Gasteiger partial charge >= 0.3 is 0 Å². The maximum absolute atomic E-state index is 2.65. The Morgan fingerprint density at radius 3 is 1.00 bits per heavy atom. The summed E-state index contributed by atoms with van der Waals surface area (Å²) < 4.78 is 5.29. The van der Waals surface area contributed by atoms with Gasteiger partial charge in [0.05, 0.1) is 13.1 Å². The van der Waals surface area contributed by atoms with E-state index in [0.717, 1.165) is 0 Å². The Balaban J connectivity index is 2.21. The lowest BCUT2D eigenvalue weighted by atomic mass is 10.0. The highest BCUT2D eigenvalue weighted by atomic mass is 15.1. The predicted molar refractivity (Wildman–Crippen MR) is 216 cm³/mol. The molecule has 0 unspecified atom stereocenters. The quantitative estimate of drug-likeness (QED) is 0.0485. The summed E-state index contributed by atoms with van der Waals surface area (Å²) in [6.07, 6.45) is 59.3. The minimum absolute atomic E-state index is 1.23. The highest BCUT2D eigenvalue weighted by molar-refractivity contribution is 4.84. The van der Waals surface area contributed by atoms with E-state index in [0.29, 0.717) is 0 Å². The zero-order chi connectivity index (χ0) is 34.4. The number of nitrogens with zero attached hydrogens (tertiary/aromatic N) is 2. The number of aromatic nitrogens is 2. The van der Waals surface area contributed by atoms with Crippen LogP contribution < -0.4 is 4.57 Å². The van der Waals surface area contributed by atoms with E-state index in [9.17, 15) is 0 Å². The molecule has 2 heteroatoms. The fourth-order valence-electron chi connectivity index (χ4n) is 7.74. The molecule has 0 aliphatic carbocycles. The van der Waals surface area contributed by atoms with Gasteiger partial charge in [-0.2, -0.15) is 0 Å². The first-order valence-electron chi connectivity index (χ1n) is 22.9. The average Bonchev–Trinajstić information content (AvgIpc) is 3.48. The summed E-state index contributed by atoms with van der Waals surface area (Å²) in [4.78, 5) is 0. The van der Waals surface area contributed by atoms with Gasteiger partial charge in [0, 0.05) is 6.42 Å². The summed E-state index contributed by atoms with van der Waals surface area (Å²) in [5, 5.41) is 0. The topological polar surface area (TPSA) is 8.81 Å². The van der Waals surface area contributed by atoms with E-state index in [1.54, 1.807) is 5.82 Å². The van der Waals surface area contributed by atoms with Gasteiger partial charge in [0.1, 0.15) is 12.4 Å². The van der Waals surface area contributed by atoms with Gasteiger partial charge in [-0.1, -0.05) is 226 Å². The Kier molecular flexibility index (Phi) is 35.3. The second-order valence-electron chi connectivity index (χ2n) is 15.9.